The Kier molecular flexibility index (Phi) is 3.16. The van der Waals surface area contributed by atoms with Gasteiger partial charge in [0.15, 0.2) is 0 Å². The van der Waals surface area contributed by atoms with Crippen molar-refractivity contribution >= 4 is 10.0 Å². The zero-order valence-electron chi connectivity index (χ0n) is 8.89. The molecule has 0 aromatic heterocycles. The SMILES string of the molecule is O=S(=O)(NCC1CCC1)c1cccc(O)c1. The summed E-state index contributed by atoms with van der Waals surface area (Å²) in [5.41, 5.74) is 0. The lowest BCUT2D eigenvalue weighted by molar-refractivity contribution is 0.316. The Morgan fingerprint density at radius 2 is 2.12 bits per heavy atom. The zero-order valence-corrected chi connectivity index (χ0v) is 9.70. The lowest BCUT2D eigenvalue weighted by atomic mass is 9.86. The Morgan fingerprint density at radius 1 is 1.38 bits per heavy atom. The van der Waals surface area contributed by atoms with Crippen LogP contribution < -0.4 is 4.72 Å². The molecule has 0 aliphatic heterocycles. The molecule has 2 N–H and O–H groups in total. The molecule has 2 rings (SSSR count). The molecular formula is C11H15NO3S. The van der Waals surface area contributed by atoms with Gasteiger partial charge in [-0.15, -0.1) is 0 Å². The van der Waals surface area contributed by atoms with E-state index in [2.05, 4.69) is 4.72 Å². The maximum absolute atomic E-state index is 11.8. The highest BCUT2D eigenvalue weighted by Crippen LogP contribution is 2.26. The maximum Gasteiger partial charge on any atom is 0.240 e. The molecule has 0 saturated heterocycles. The van der Waals surface area contributed by atoms with E-state index in [-0.39, 0.29) is 10.6 Å². The third-order valence-electron chi connectivity index (χ3n) is 2.91. The molecule has 1 aliphatic carbocycles. The summed E-state index contributed by atoms with van der Waals surface area (Å²) in [5, 5.41) is 9.22. The smallest absolute Gasteiger partial charge is 0.240 e. The molecule has 0 atom stereocenters. The Bertz CT molecular complexity index is 466. The van der Waals surface area contributed by atoms with Crippen molar-refractivity contribution in [3.63, 3.8) is 0 Å². The Hall–Kier alpha value is -1.07. The van der Waals surface area contributed by atoms with Crippen molar-refractivity contribution in [3.8, 4) is 5.75 Å². The number of aromatic hydroxyl groups is 1. The summed E-state index contributed by atoms with van der Waals surface area (Å²) in [6.07, 6.45) is 3.39. The molecule has 0 bridgehead atoms. The van der Waals surface area contributed by atoms with E-state index in [0.29, 0.717) is 12.5 Å². The van der Waals surface area contributed by atoms with E-state index < -0.39 is 10.0 Å². The lowest BCUT2D eigenvalue weighted by Gasteiger charge is -2.25. The van der Waals surface area contributed by atoms with Gasteiger partial charge in [-0.2, -0.15) is 0 Å². The molecule has 1 aliphatic rings. The maximum atomic E-state index is 11.8. The van der Waals surface area contributed by atoms with Gasteiger partial charge in [0.2, 0.25) is 10.0 Å². The number of rotatable bonds is 4. The van der Waals surface area contributed by atoms with E-state index in [0.717, 1.165) is 12.8 Å². The van der Waals surface area contributed by atoms with Crippen LogP contribution >= 0.6 is 0 Å². The first-order chi connectivity index (χ1) is 7.58. The lowest BCUT2D eigenvalue weighted by Crippen LogP contribution is -2.32. The average molecular weight is 241 g/mol. The van der Waals surface area contributed by atoms with Crippen LogP contribution in [-0.4, -0.2) is 20.1 Å². The fraction of sp³-hybridized carbons (Fsp3) is 0.455. The van der Waals surface area contributed by atoms with Crippen molar-refractivity contribution in [2.75, 3.05) is 6.54 Å². The van der Waals surface area contributed by atoms with Crippen molar-refractivity contribution in [2.45, 2.75) is 24.2 Å². The summed E-state index contributed by atoms with van der Waals surface area (Å²) in [6.45, 7) is 0.498. The van der Waals surface area contributed by atoms with Gasteiger partial charge in [-0.05, 0) is 37.0 Å². The van der Waals surface area contributed by atoms with E-state index >= 15 is 0 Å². The Labute approximate surface area is 95.4 Å². The van der Waals surface area contributed by atoms with E-state index in [1.807, 2.05) is 0 Å². The second-order valence-corrected chi connectivity index (χ2v) is 5.91. The van der Waals surface area contributed by atoms with Gasteiger partial charge in [0.05, 0.1) is 4.90 Å². The molecule has 1 fully saturated rings. The van der Waals surface area contributed by atoms with Crippen LogP contribution in [-0.2, 0) is 10.0 Å². The first-order valence-electron chi connectivity index (χ1n) is 5.36. The third-order valence-corrected chi connectivity index (χ3v) is 4.34. The van der Waals surface area contributed by atoms with Crippen LogP contribution in [0.3, 0.4) is 0 Å². The van der Waals surface area contributed by atoms with E-state index in [1.54, 1.807) is 0 Å². The summed E-state index contributed by atoms with van der Waals surface area (Å²) in [6, 6.07) is 5.70. The molecule has 0 radical (unpaired) electrons. The van der Waals surface area contributed by atoms with Crippen LogP contribution in [0.1, 0.15) is 19.3 Å². The molecule has 0 heterocycles. The van der Waals surface area contributed by atoms with Gasteiger partial charge < -0.3 is 5.11 Å². The molecule has 88 valence electrons. The van der Waals surface area contributed by atoms with Gasteiger partial charge in [0.25, 0.3) is 0 Å². The fourth-order valence-corrected chi connectivity index (χ4v) is 2.81. The number of hydrogen-bond acceptors (Lipinski definition) is 3. The number of nitrogens with one attached hydrogen (secondary N) is 1. The molecule has 0 unspecified atom stereocenters. The molecule has 4 nitrogen and oxygen atoms in total. The topological polar surface area (TPSA) is 66.4 Å². The first-order valence-corrected chi connectivity index (χ1v) is 6.85. The predicted molar refractivity (Wildman–Crippen MR) is 60.6 cm³/mol. The van der Waals surface area contributed by atoms with Crippen molar-refractivity contribution in [3.05, 3.63) is 24.3 Å². The predicted octanol–water partition coefficient (Wildman–Crippen LogP) is 1.47. The Morgan fingerprint density at radius 3 is 2.69 bits per heavy atom. The standard InChI is InChI=1S/C11H15NO3S/c13-10-5-2-6-11(7-10)16(14,15)12-8-9-3-1-4-9/h2,5-7,9,12-13H,1,3-4,8H2. The van der Waals surface area contributed by atoms with Crippen molar-refractivity contribution in [2.24, 2.45) is 5.92 Å². The van der Waals surface area contributed by atoms with E-state index in [4.69, 9.17) is 0 Å². The van der Waals surface area contributed by atoms with Crippen LogP contribution in [0.2, 0.25) is 0 Å². The highest BCUT2D eigenvalue weighted by Gasteiger charge is 2.21. The Balaban J connectivity index is 2.05. The quantitative estimate of drug-likeness (QED) is 0.839. The molecule has 1 aromatic carbocycles. The zero-order chi connectivity index (χ0) is 11.6. The van der Waals surface area contributed by atoms with Crippen LogP contribution in [0.4, 0.5) is 0 Å². The van der Waals surface area contributed by atoms with E-state index in [1.165, 1.54) is 30.7 Å². The van der Waals surface area contributed by atoms with Crippen molar-refractivity contribution < 1.29 is 13.5 Å². The monoisotopic (exact) mass is 241 g/mol. The number of phenolic OH excluding ortho intramolecular Hbond substituents is 1. The summed E-state index contributed by atoms with van der Waals surface area (Å²) in [4.78, 5) is 0.117. The van der Waals surface area contributed by atoms with Gasteiger partial charge in [-0.3, -0.25) is 0 Å². The minimum absolute atomic E-state index is 0.0356. The highest BCUT2D eigenvalue weighted by molar-refractivity contribution is 7.89. The molecule has 1 aromatic rings. The number of sulfonamides is 1. The average Bonchev–Trinajstić information content (AvgIpc) is 2.15. The fourth-order valence-electron chi connectivity index (χ4n) is 1.66. The normalized spacial score (nSPS) is 17.0. The van der Waals surface area contributed by atoms with Gasteiger partial charge in [-0.25, -0.2) is 13.1 Å². The second kappa shape index (κ2) is 4.43. The third kappa shape index (κ3) is 2.54. The van der Waals surface area contributed by atoms with Gasteiger partial charge in [0.1, 0.15) is 5.75 Å². The molecular weight excluding hydrogens is 226 g/mol. The van der Waals surface area contributed by atoms with Crippen LogP contribution in [0.25, 0.3) is 0 Å². The summed E-state index contributed by atoms with van der Waals surface area (Å²) >= 11 is 0. The van der Waals surface area contributed by atoms with Gasteiger partial charge >= 0.3 is 0 Å². The second-order valence-electron chi connectivity index (χ2n) is 4.15. The number of hydrogen-bond donors (Lipinski definition) is 2. The van der Waals surface area contributed by atoms with Gasteiger partial charge in [-0.1, -0.05) is 12.5 Å². The molecule has 16 heavy (non-hydrogen) atoms. The summed E-state index contributed by atoms with van der Waals surface area (Å²) < 4.78 is 26.2. The molecule has 1 saturated carbocycles. The first kappa shape index (κ1) is 11.4. The van der Waals surface area contributed by atoms with Crippen molar-refractivity contribution in [1.82, 2.24) is 4.72 Å². The minimum Gasteiger partial charge on any atom is -0.508 e. The van der Waals surface area contributed by atoms with Crippen molar-refractivity contribution in [1.29, 1.82) is 0 Å². The molecule has 0 spiro atoms. The number of benzene rings is 1. The summed E-state index contributed by atoms with van der Waals surface area (Å²) in [5.74, 6) is 0.443. The van der Waals surface area contributed by atoms with Gasteiger partial charge in [0, 0.05) is 6.54 Å². The molecule has 5 heteroatoms. The van der Waals surface area contributed by atoms with E-state index in [9.17, 15) is 13.5 Å². The van der Waals surface area contributed by atoms with Crippen LogP contribution in [0.5, 0.6) is 5.75 Å². The van der Waals surface area contributed by atoms with Crippen LogP contribution in [0.15, 0.2) is 29.2 Å². The number of phenols is 1. The largest absolute Gasteiger partial charge is 0.508 e. The van der Waals surface area contributed by atoms with Crippen LogP contribution in [0, 0.1) is 5.92 Å². The highest BCUT2D eigenvalue weighted by atomic mass is 32.2. The minimum atomic E-state index is -3.46. The summed E-state index contributed by atoms with van der Waals surface area (Å²) in [7, 11) is -3.46. The molecule has 0 amide bonds.